The third kappa shape index (κ3) is 3.18. The maximum atomic E-state index is 13.2. The van der Waals surface area contributed by atoms with Gasteiger partial charge in [-0.25, -0.2) is 4.39 Å². The van der Waals surface area contributed by atoms with E-state index in [1.165, 1.54) is 0 Å². The molecule has 0 radical (unpaired) electrons. The molecule has 0 atom stereocenters. The fourth-order valence-corrected chi connectivity index (χ4v) is 2.87. The summed E-state index contributed by atoms with van der Waals surface area (Å²) < 4.78 is 18.7. The van der Waals surface area contributed by atoms with Crippen molar-refractivity contribution in [2.75, 3.05) is 12.4 Å². The molecule has 1 aliphatic rings. The average Bonchev–Trinajstić information content (AvgIpc) is 2.85. The molecule has 1 aliphatic carbocycles. The molecule has 1 fully saturated rings. The van der Waals surface area contributed by atoms with Gasteiger partial charge in [0.15, 0.2) is 5.75 Å². The number of benzene rings is 1. The van der Waals surface area contributed by atoms with Crippen molar-refractivity contribution in [1.82, 2.24) is 0 Å². The fraction of sp³-hybridized carbons (Fsp3) is 0.538. The molecule has 0 aliphatic heterocycles. The number of rotatable bonds is 5. The summed E-state index contributed by atoms with van der Waals surface area (Å²) in [6.45, 7) is 0.348. The van der Waals surface area contributed by atoms with Gasteiger partial charge in [-0.05, 0) is 24.7 Å². The number of nitro groups is 1. The minimum absolute atomic E-state index is 0.00180. The largest absolute Gasteiger partial charge is 0.486 e. The van der Waals surface area contributed by atoms with Gasteiger partial charge in [-0.3, -0.25) is 10.1 Å². The molecule has 0 N–H and O–H groups in total. The van der Waals surface area contributed by atoms with Crippen molar-refractivity contribution in [2.24, 2.45) is 5.41 Å². The summed E-state index contributed by atoms with van der Waals surface area (Å²) in [5.74, 6) is 0.140. The summed E-state index contributed by atoms with van der Waals surface area (Å²) >= 11 is 4.35. The number of hydrogen-bond donors (Lipinski definition) is 1. The van der Waals surface area contributed by atoms with Crippen LogP contribution in [0.3, 0.4) is 0 Å². The van der Waals surface area contributed by atoms with E-state index in [-0.39, 0.29) is 16.9 Å². The Kier molecular flexibility index (Phi) is 4.29. The second kappa shape index (κ2) is 5.77. The lowest BCUT2D eigenvalue weighted by Gasteiger charge is -2.26. The molecular formula is C13H16FNO3S. The van der Waals surface area contributed by atoms with E-state index >= 15 is 0 Å². The van der Waals surface area contributed by atoms with Crippen LogP contribution in [-0.2, 0) is 0 Å². The summed E-state index contributed by atoms with van der Waals surface area (Å²) in [7, 11) is 0. The zero-order valence-electron chi connectivity index (χ0n) is 10.5. The second-order valence-electron chi connectivity index (χ2n) is 5.02. The molecule has 0 saturated heterocycles. The van der Waals surface area contributed by atoms with Crippen LogP contribution in [-0.4, -0.2) is 17.3 Å². The van der Waals surface area contributed by atoms with Crippen molar-refractivity contribution in [1.29, 1.82) is 0 Å². The molecule has 0 unspecified atom stereocenters. The zero-order chi connectivity index (χ0) is 13.9. The van der Waals surface area contributed by atoms with Gasteiger partial charge in [0.1, 0.15) is 5.82 Å². The Balaban J connectivity index is 2.14. The number of halogens is 1. The van der Waals surface area contributed by atoms with Gasteiger partial charge in [-0.15, -0.1) is 0 Å². The first-order valence-corrected chi connectivity index (χ1v) is 6.87. The maximum absolute atomic E-state index is 13.2. The molecule has 6 heteroatoms. The van der Waals surface area contributed by atoms with Crippen molar-refractivity contribution in [3.63, 3.8) is 0 Å². The lowest BCUT2D eigenvalue weighted by atomic mass is 9.90. The second-order valence-corrected chi connectivity index (χ2v) is 5.34. The third-order valence-electron chi connectivity index (χ3n) is 3.65. The Bertz CT molecular complexity index is 475. The van der Waals surface area contributed by atoms with Gasteiger partial charge in [-0.1, -0.05) is 12.8 Å². The topological polar surface area (TPSA) is 52.4 Å². The first-order chi connectivity index (χ1) is 9.06. The van der Waals surface area contributed by atoms with E-state index in [1.807, 2.05) is 0 Å². The average molecular weight is 285 g/mol. The van der Waals surface area contributed by atoms with Gasteiger partial charge in [0.2, 0.25) is 0 Å². The molecule has 1 aromatic rings. The quantitative estimate of drug-likeness (QED) is 0.511. The monoisotopic (exact) mass is 285 g/mol. The molecule has 4 nitrogen and oxygen atoms in total. The van der Waals surface area contributed by atoms with Crippen LogP contribution < -0.4 is 4.74 Å². The van der Waals surface area contributed by atoms with Gasteiger partial charge in [0.05, 0.1) is 11.5 Å². The van der Waals surface area contributed by atoms with E-state index in [2.05, 4.69) is 12.6 Å². The normalized spacial score (nSPS) is 17.4. The van der Waals surface area contributed by atoms with E-state index in [9.17, 15) is 14.5 Å². The van der Waals surface area contributed by atoms with Crippen molar-refractivity contribution in [3.8, 4) is 5.75 Å². The fourth-order valence-electron chi connectivity index (χ4n) is 2.46. The molecule has 104 valence electrons. The van der Waals surface area contributed by atoms with E-state index in [1.54, 1.807) is 0 Å². The molecule has 19 heavy (non-hydrogen) atoms. The van der Waals surface area contributed by atoms with Gasteiger partial charge in [0.25, 0.3) is 0 Å². The highest BCUT2D eigenvalue weighted by atomic mass is 32.1. The highest BCUT2D eigenvalue weighted by Gasteiger charge is 2.34. The molecule has 0 spiro atoms. The van der Waals surface area contributed by atoms with Crippen molar-refractivity contribution in [3.05, 3.63) is 34.1 Å². The molecule has 0 bridgehead atoms. The molecular weight excluding hydrogens is 269 g/mol. The van der Waals surface area contributed by atoms with Crippen LogP contribution in [0.25, 0.3) is 0 Å². The van der Waals surface area contributed by atoms with E-state index in [4.69, 9.17) is 4.74 Å². The summed E-state index contributed by atoms with van der Waals surface area (Å²) in [5.41, 5.74) is -0.239. The molecule has 2 rings (SSSR count). The van der Waals surface area contributed by atoms with E-state index in [0.717, 1.165) is 43.9 Å². The number of ether oxygens (including phenoxy) is 1. The Labute approximate surface area is 116 Å². The molecule has 1 saturated carbocycles. The molecule has 1 aromatic carbocycles. The Morgan fingerprint density at radius 3 is 2.68 bits per heavy atom. The molecule has 0 heterocycles. The van der Waals surface area contributed by atoms with Crippen LogP contribution >= 0.6 is 12.6 Å². The van der Waals surface area contributed by atoms with Crippen molar-refractivity contribution >= 4 is 18.3 Å². The maximum Gasteiger partial charge on any atom is 0.311 e. The SMILES string of the molecule is O=[N+]([O-])c1ccc(F)cc1OCC1(CS)CCCC1. The Morgan fingerprint density at radius 2 is 2.11 bits per heavy atom. The van der Waals surface area contributed by atoms with E-state index in [0.29, 0.717) is 12.4 Å². The van der Waals surface area contributed by atoms with Crippen LogP contribution in [0.4, 0.5) is 10.1 Å². The van der Waals surface area contributed by atoms with Gasteiger partial charge in [0, 0.05) is 17.5 Å². The predicted molar refractivity (Wildman–Crippen MR) is 73.3 cm³/mol. The van der Waals surface area contributed by atoms with Crippen LogP contribution in [0.1, 0.15) is 25.7 Å². The predicted octanol–water partition coefficient (Wildman–Crippen LogP) is 3.60. The lowest BCUT2D eigenvalue weighted by Crippen LogP contribution is -2.27. The van der Waals surface area contributed by atoms with Crippen molar-refractivity contribution < 1.29 is 14.1 Å². The summed E-state index contributed by atoms with van der Waals surface area (Å²) in [6, 6.07) is 3.26. The number of thiol groups is 1. The van der Waals surface area contributed by atoms with Gasteiger partial charge >= 0.3 is 5.69 Å². The van der Waals surface area contributed by atoms with Gasteiger partial charge in [-0.2, -0.15) is 12.6 Å². The number of nitrogens with zero attached hydrogens (tertiary/aromatic N) is 1. The standard InChI is InChI=1S/C13H16FNO3S/c14-10-3-4-11(15(16)17)12(7-10)18-8-13(9-19)5-1-2-6-13/h3-4,7,19H,1-2,5-6,8-9H2. The van der Waals surface area contributed by atoms with Crippen LogP contribution in [0, 0.1) is 21.3 Å². The Morgan fingerprint density at radius 1 is 1.42 bits per heavy atom. The summed E-state index contributed by atoms with van der Waals surface area (Å²) in [5, 5.41) is 10.9. The molecule has 0 amide bonds. The highest BCUT2D eigenvalue weighted by molar-refractivity contribution is 7.80. The number of nitro benzene ring substituents is 1. The van der Waals surface area contributed by atoms with Gasteiger partial charge < -0.3 is 4.74 Å². The Hall–Kier alpha value is -1.30. The lowest BCUT2D eigenvalue weighted by molar-refractivity contribution is -0.386. The minimum Gasteiger partial charge on any atom is -0.486 e. The van der Waals surface area contributed by atoms with Crippen LogP contribution in [0.2, 0.25) is 0 Å². The van der Waals surface area contributed by atoms with Crippen LogP contribution in [0.5, 0.6) is 5.75 Å². The van der Waals surface area contributed by atoms with Crippen LogP contribution in [0.15, 0.2) is 18.2 Å². The number of hydrogen-bond acceptors (Lipinski definition) is 4. The summed E-state index contributed by atoms with van der Waals surface area (Å²) in [6.07, 6.45) is 4.24. The smallest absolute Gasteiger partial charge is 0.311 e. The highest BCUT2D eigenvalue weighted by Crippen LogP contribution is 2.40. The summed E-state index contributed by atoms with van der Waals surface area (Å²) in [4.78, 5) is 10.3. The minimum atomic E-state index is -0.559. The molecule has 0 aromatic heterocycles. The van der Waals surface area contributed by atoms with E-state index < -0.39 is 10.7 Å². The zero-order valence-corrected chi connectivity index (χ0v) is 11.4. The first-order valence-electron chi connectivity index (χ1n) is 6.24. The third-order valence-corrected chi connectivity index (χ3v) is 4.32. The van der Waals surface area contributed by atoms with Crippen molar-refractivity contribution in [2.45, 2.75) is 25.7 Å². The first kappa shape index (κ1) is 14.1.